The van der Waals surface area contributed by atoms with Gasteiger partial charge in [0.1, 0.15) is 11.9 Å². The number of thiazole rings is 1. The third-order valence-electron chi connectivity index (χ3n) is 2.29. The van der Waals surface area contributed by atoms with Crippen molar-refractivity contribution in [1.82, 2.24) is 4.98 Å². The number of rotatable bonds is 3. The number of carboxylic acid groups (broad SMARTS) is 1. The molecule has 1 unspecified atom stereocenters. The predicted molar refractivity (Wildman–Crippen MR) is 61.3 cm³/mol. The second-order valence-corrected chi connectivity index (χ2v) is 4.83. The van der Waals surface area contributed by atoms with Crippen molar-refractivity contribution in [1.29, 1.82) is 0 Å². The molecule has 2 heterocycles. The van der Waals surface area contributed by atoms with Crippen LogP contribution >= 0.6 is 11.3 Å². The lowest BCUT2D eigenvalue weighted by Gasteiger charge is -2.05. The van der Waals surface area contributed by atoms with Crippen LogP contribution in [0.15, 0.2) is 16.5 Å². The van der Waals surface area contributed by atoms with E-state index in [4.69, 9.17) is 9.52 Å². The third kappa shape index (κ3) is 2.22. The summed E-state index contributed by atoms with van der Waals surface area (Å²) in [5.74, 6) is -1.12. The maximum atomic E-state index is 10.7. The fourth-order valence-electron chi connectivity index (χ4n) is 1.54. The molecule has 2 N–H and O–H groups in total. The summed E-state index contributed by atoms with van der Waals surface area (Å²) in [6.45, 7) is 3.64. The number of carbonyl (C=O) groups is 1. The second-order valence-electron chi connectivity index (χ2n) is 3.59. The largest absolute Gasteiger partial charge is 0.475 e. The average Bonchev–Trinajstić information content (AvgIpc) is 2.84. The number of hydrogen-bond donors (Lipinski definition) is 2. The zero-order chi connectivity index (χ0) is 12.6. The van der Waals surface area contributed by atoms with Gasteiger partial charge in [-0.25, -0.2) is 9.78 Å². The molecule has 0 saturated heterocycles. The van der Waals surface area contributed by atoms with E-state index in [1.165, 1.54) is 23.5 Å². The van der Waals surface area contributed by atoms with E-state index in [1.807, 2.05) is 6.92 Å². The number of aryl methyl sites for hydroxylation is 2. The molecule has 0 spiro atoms. The van der Waals surface area contributed by atoms with E-state index in [2.05, 4.69) is 4.98 Å². The van der Waals surface area contributed by atoms with Crippen LogP contribution in [0.3, 0.4) is 0 Å². The summed E-state index contributed by atoms with van der Waals surface area (Å²) >= 11 is 1.37. The Morgan fingerprint density at radius 2 is 2.18 bits per heavy atom. The molecule has 2 aromatic rings. The number of aliphatic hydroxyl groups is 1. The second kappa shape index (κ2) is 4.31. The Hall–Kier alpha value is -1.66. The summed E-state index contributed by atoms with van der Waals surface area (Å²) < 4.78 is 5.05. The smallest absolute Gasteiger partial charge is 0.371 e. The quantitative estimate of drug-likeness (QED) is 0.875. The van der Waals surface area contributed by atoms with Crippen LogP contribution in [0.4, 0.5) is 0 Å². The van der Waals surface area contributed by atoms with Crippen LogP contribution in [0.2, 0.25) is 0 Å². The molecule has 0 saturated carbocycles. The number of aromatic carboxylic acids is 1. The minimum atomic E-state index is -1.15. The summed E-state index contributed by atoms with van der Waals surface area (Å²) in [4.78, 5) is 15.5. The van der Waals surface area contributed by atoms with Crippen LogP contribution in [0.1, 0.15) is 38.0 Å². The first-order chi connectivity index (χ1) is 7.99. The molecule has 0 aliphatic heterocycles. The van der Waals surface area contributed by atoms with E-state index in [9.17, 15) is 9.90 Å². The first kappa shape index (κ1) is 11.8. The summed E-state index contributed by atoms with van der Waals surface area (Å²) in [5, 5.41) is 19.6. The predicted octanol–water partition coefficient (Wildman–Crippen LogP) is 2.13. The average molecular weight is 253 g/mol. The molecular weight excluding hydrogens is 242 g/mol. The van der Waals surface area contributed by atoms with Gasteiger partial charge in [-0.3, -0.25) is 0 Å². The van der Waals surface area contributed by atoms with E-state index in [0.717, 1.165) is 10.7 Å². The molecule has 2 aromatic heterocycles. The molecule has 0 bridgehead atoms. The van der Waals surface area contributed by atoms with Gasteiger partial charge in [0.15, 0.2) is 0 Å². The fraction of sp³-hybridized carbons (Fsp3) is 0.273. The molecule has 0 aliphatic carbocycles. The SMILES string of the molecule is Cc1nc(C)c(C(O)c2ccc(C(=O)O)o2)s1. The lowest BCUT2D eigenvalue weighted by atomic mass is 10.2. The van der Waals surface area contributed by atoms with Crippen LogP contribution in [0.5, 0.6) is 0 Å². The molecule has 0 radical (unpaired) electrons. The van der Waals surface area contributed by atoms with Gasteiger partial charge < -0.3 is 14.6 Å². The minimum absolute atomic E-state index is 0.182. The topological polar surface area (TPSA) is 83.6 Å². The number of aliphatic hydroxyl groups excluding tert-OH is 1. The van der Waals surface area contributed by atoms with E-state index in [1.54, 1.807) is 6.92 Å². The Bertz CT molecular complexity index is 558. The number of nitrogens with zero attached hydrogens (tertiary/aromatic N) is 1. The third-order valence-corrected chi connectivity index (χ3v) is 3.42. The molecular formula is C11H11NO4S. The molecule has 0 fully saturated rings. The van der Waals surface area contributed by atoms with Crippen molar-refractivity contribution in [2.24, 2.45) is 0 Å². The zero-order valence-electron chi connectivity index (χ0n) is 9.30. The number of furan rings is 1. The Labute approximate surface area is 101 Å². The highest BCUT2D eigenvalue weighted by Crippen LogP contribution is 2.30. The zero-order valence-corrected chi connectivity index (χ0v) is 10.1. The molecule has 2 rings (SSSR count). The molecule has 0 aromatic carbocycles. The number of aromatic nitrogens is 1. The van der Waals surface area contributed by atoms with Crippen molar-refractivity contribution in [3.8, 4) is 0 Å². The van der Waals surface area contributed by atoms with E-state index < -0.39 is 12.1 Å². The van der Waals surface area contributed by atoms with Crippen LogP contribution < -0.4 is 0 Å². The van der Waals surface area contributed by atoms with Gasteiger partial charge in [0.25, 0.3) is 0 Å². The first-order valence-corrected chi connectivity index (χ1v) is 5.75. The number of carboxylic acids is 1. The number of hydrogen-bond acceptors (Lipinski definition) is 5. The Morgan fingerprint density at radius 1 is 1.47 bits per heavy atom. The Morgan fingerprint density at radius 3 is 2.65 bits per heavy atom. The molecule has 5 nitrogen and oxygen atoms in total. The highest BCUT2D eigenvalue weighted by molar-refractivity contribution is 7.11. The molecule has 6 heteroatoms. The monoisotopic (exact) mass is 253 g/mol. The summed E-state index contributed by atoms with van der Waals surface area (Å²) in [6, 6.07) is 2.78. The molecule has 90 valence electrons. The first-order valence-electron chi connectivity index (χ1n) is 4.94. The van der Waals surface area contributed by atoms with Gasteiger partial charge >= 0.3 is 5.97 Å². The minimum Gasteiger partial charge on any atom is -0.475 e. The van der Waals surface area contributed by atoms with Gasteiger partial charge in [0.05, 0.1) is 15.6 Å². The lowest BCUT2D eigenvalue weighted by Crippen LogP contribution is -1.98. The normalized spacial score (nSPS) is 12.6. The summed E-state index contributed by atoms with van der Waals surface area (Å²) in [5.41, 5.74) is 0.730. The van der Waals surface area contributed by atoms with Gasteiger partial charge in [-0.1, -0.05) is 0 Å². The summed E-state index contributed by atoms with van der Waals surface area (Å²) in [7, 11) is 0. The van der Waals surface area contributed by atoms with Gasteiger partial charge in [0.2, 0.25) is 5.76 Å². The van der Waals surface area contributed by atoms with Gasteiger partial charge in [0, 0.05) is 0 Å². The molecule has 1 atom stereocenters. The van der Waals surface area contributed by atoms with Crippen molar-refractivity contribution in [2.45, 2.75) is 20.0 Å². The Kier molecular flexibility index (Phi) is 2.99. The van der Waals surface area contributed by atoms with Crippen molar-refractivity contribution < 1.29 is 19.4 Å². The van der Waals surface area contributed by atoms with Gasteiger partial charge in [-0.05, 0) is 26.0 Å². The molecule has 0 amide bonds. The van der Waals surface area contributed by atoms with Crippen molar-refractivity contribution in [3.05, 3.63) is 39.2 Å². The van der Waals surface area contributed by atoms with Crippen LogP contribution in [-0.2, 0) is 0 Å². The summed E-state index contributed by atoms with van der Waals surface area (Å²) in [6.07, 6.45) is -0.964. The molecule has 0 aliphatic rings. The van der Waals surface area contributed by atoms with Crippen molar-refractivity contribution in [2.75, 3.05) is 0 Å². The van der Waals surface area contributed by atoms with Crippen molar-refractivity contribution >= 4 is 17.3 Å². The maximum Gasteiger partial charge on any atom is 0.371 e. The van der Waals surface area contributed by atoms with Gasteiger partial charge in [-0.15, -0.1) is 11.3 Å². The fourth-order valence-corrected chi connectivity index (χ4v) is 2.47. The highest BCUT2D eigenvalue weighted by atomic mass is 32.1. The standard InChI is InChI=1S/C11H11NO4S/c1-5-10(17-6(2)12-5)9(13)7-3-4-8(16-7)11(14)15/h3-4,9,13H,1-2H3,(H,14,15). The Balaban J connectivity index is 2.33. The van der Waals surface area contributed by atoms with Crippen LogP contribution in [0.25, 0.3) is 0 Å². The van der Waals surface area contributed by atoms with E-state index in [-0.39, 0.29) is 11.5 Å². The highest BCUT2D eigenvalue weighted by Gasteiger charge is 2.21. The lowest BCUT2D eigenvalue weighted by molar-refractivity contribution is 0.0655. The molecule has 17 heavy (non-hydrogen) atoms. The maximum absolute atomic E-state index is 10.7. The van der Waals surface area contributed by atoms with Crippen LogP contribution in [0, 0.1) is 13.8 Å². The van der Waals surface area contributed by atoms with E-state index >= 15 is 0 Å². The van der Waals surface area contributed by atoms with E-state index in [0.29, 0.717) is 4.88 Å². The van der Waals surface area contributed by atoms with Gasteiger partial charge in [-0.2, -0.15) is 0 Å². The van der Waals surface area contributed by atoms with Crippen molar-refractivity contribution in [3.63, 3.8) is 0 Å². The van der Waals surface area contributed by atoms with Crippen LogP contribution in [-0.4, -0.2) is 21.2 Å².